The second kappa shape index (κ2) is 5.06. The maximum absolute atomic E-state index is 13.5. The standard InChI is InChI=1S/C13H11ClFNO/c1-17-13-7-6-9(8-11(13)15)16-12-5-3-2-4-10(12)14/h2-8,16H,1H3. The van der Waals surface area contributed by atoms with Crippen molar-refractivity contribution < 1.29 is 9.13 Å². The van der Waals surface area contributed by atoms with Gasteiger partial charge in [-0.1, -0.05) is 23.7 Å². The average molecular weight is 252 g/mol. The molecule has 2 aromatic rings. The van der Waals surface area contributed by atoms with Gasteiger partial charge in [0, 0.05) is 11.8 Å². The van der Waals surface area contributed by atoms with E-state index in [9.17, 15) is 4.39 Å². The summed E-state index contributed by atoms with van der Waals surface area (Å²) in [5.41, 5.74) is 1.36. The van der Waals surface area contributed by atoms with Crippen LogP contribution in [0.25, 0.3) is 0 Å². The van der Waals surface area contributed by atoms with Crippen LogP contribution in [-0.4, -0.2) is 7.11 Å². The predicted molar refractivity (Wildman–Crippen MR) is 67.7 cm³/mol. The first-order valence-corrected chi connectivity index (χ1v) is 5.43. The molecule has 0 atom stereocenters. The molecule has 0 aliphatic heterocycles. The van der Waals surface area contributed by atoms with Gasteiger partial charge in [-0.15, -0.1) is 0 Å². The zero-order valence-electron chi connectivity index (χ0n) is 9.21. The van der Waals surface area contributed by atoms with Crippen LogP contribution in [0.3, 0.4) is 0 Å². The van der Waals surface area contributed by atoms with Gasteiger partial charge in [0.25, 0.3) is 0 Å². The minimum Gasteiger partial charge on any atom is -0.494 e. The van der Waals surface area contributed by atoms with Crippen LogP contribution in [-0.2, 0) is 0 Å². The number of methoxy groups -OCH3 is 1. The van der Waals surface area contributed by atoms with Crippen LogP contribution in [0.4, 0.5) is 15.8 Å². The lowest BCUT2D eigenvalue weighted by molar-refractivity contribution is 0.386. The highest BCUT2D eigenvalue weighted by molar-refractivity contribution is 6.33. The first kappa shape index (κ1) is 11.7. The molecule has 2 nitrogen and oxygen atoms in total. The number of hydrogen-bond acceptors (Lipinski definition) is 2. The normalized spacial score (nSPS) is 10.1. The highest BCUT2D eigenvalue weighted by atomic mass is 35.5. The minimum absolute atomic E-state index is 0.217. The third-order valence-electron chi connectivity index (χ3n) is 2.30. The van der Waals surface area contributed by atoms with Crippen LogP contribution in [0.5, 0.6) is 5.75 Å². The molecular weight excluding hydrogens is 241 g/mol. The number of hydrogen-bond donors (Lipinski definition) is 1. The molecule has 88 valence electrons. The Balaban J connectivity index is 2.25. The Kier molecular flexibility index (Phi) is 3.49. The van der Waals surface area contributed by atoms with E-state index in [2.05, 4.69) is 5.32 Å². The Morgan fingerprint density at radius 1 is 1.18 bits per heavy atom. The number of nitrogens with one attached hydrogen (secondary N) is 1. The van der Waals surface area contributed by atoms with Crippen LogP contribution in [0.2, 0.25) is 5.02 Å². The van der Waals surface area contributed by atoms with Crippen molar-refractivity contribution in [3.8, 4) is 5.75 Å². The van der Waals surface area contributed by atoms with Crippen LogP contribution in [0.15, 0.2) is 42.5 Å². The maximum Gasteiger partial charge on any atom is 0.167 e. The summed E-state index contributed by atoms with van der Waals surface area (Å²) in [6, 6.07) is 11.9. The number of ether oxygens (including phenoxy) is 1. The molecule has 0 spiro atoms. The summed E-state index contributed by atoms with van der Waals surface area (Å²) in [4.78, 5) is 0. The topological polar surface area (TPSA) is 21.3 Å². The summed E-state index contributed by atoms with van der Waals surface area (Å²) in [6.45, 7) is 0. The van der Waals surface area contributed by atoms with Crippen molar-refractivity contribution in [1.82, 2.24) is 0 Å². The second-order valence-corrected chi connectivity index (χ2v) is 3.86. The first-order valence-electron chi connectivity index (χ1n) is 5.06. The largest absolute Gasteiger partial charge is 0.494 e. The second-order valence-electron chi connectivity index (χ2n) is 3.45. The third-order valence-corrected chi connectivity index (χ3v) is 2.63. The van der Waals surface area contributed by atoms with Gasteiger partial charge in [-0.3, -0.25) is 0 Å². The molecule has 0 fully saturated rings. The average Bonchev–Trinajstić information content (AvgIpc) is 2.32. The van der Waals surface area contributed by atoms with Gasteiger partial charge in [0.15, 0.2) is 11.6 Å². The Labute approximate surface area is 104 Å². The number of para-hydroxylation sites is 1. The summed E-state index contributed by atoms with van der Waals surface area (Å²) in [6.07, 6.45) is 0. The Bertz CT molecular complexity index is 531. The van der Waals surface area contributed by atoms with E-state index >= 15 is 0 Å². The van der Waals surface area contributed by atoms with E-state index in [1.54, 1.807) is 18.2 Å². The van der Waals surface area contributed by atoms with Crippen LogP contribution < -0.4 is 10.1 Å². The molecule has 2 aromatic carbocycles. The SMILES string of the molecule is COc1ccc(Nc2ccccc2Cl)cc1F. The number of rotatable bonds is 3. The van der Waals surface area contributed by atoms with E-state index in [4.69, 9.17) is 16.3 Å². The molecule has 0 aliphatic rings. The van der Waals surface area contributed by atoms with Crippen molar-refractivity contribution in [3.63, 3.8) is 0 Å². The maximum atomic E-state index is 13.5. The fourth-order valence-electron chi connectivity index (χ4n) is 1.46. The molecule has 0 saturated carbocycles. The summed E-state index contributed by atoms with van der Waals surface area (Å²) < 4.78 is 18.3. The van der Waals surface area contributed by atoms with Crippen molar-refractivity contribution in [2.45, 2.75) is 0 Å². The molecule has 0 heterocycles. The first-order chi connectivity index (χ1) is 8.20. The van der Waals surface area contributed by atoms with Crippen LogP contribution in [0.1, 0.15) is 0 Å². The van der Waals surface area contributed by atoms with Crippen molar-refractivity contribution in [3.05, 3.63) is 53.3 Å². The molecule has 0 bridgehead atoms. The summed E-state index contributed by atoms with van der Waals surface area (Å²) >= 11 is 5.99. The number of benzene rings is 2. The number of halogens is 2. The lowest BCUT2D eigenvalue weighted by Crippen LogP contribution is -1.93. The fraction of sp³-hybridized carbons (Fsp3) is 0.0769. The van der Waals surface area contributed by atoms with E-state index < -0.39 is 5.82 Å². The molecule has 0 radical (unpaired) electrons. The van der Waals surface area contributed by atoms with Crippen LogP contribution >= 0.6 is 11.6 Å². The summed E-state index contributed by atoms with van der Waals surface area (Å²) in [7, 11) is 1.43. The fourth-order valence-corrected chi connectivity index (χ4v) is 1.65. The van der Waals surface area contributed by atoms with Crippen molar-refractivity contribution in [1.29, 1.82) is 0 Å². The van der Waals surface area contributed by atoms with Gasteiger partial charge in [0.05, 0.1) is 17.8 Å². The van der Waals surface area contributed by atoms with Crippen LogP contribution in [0, 0.1) is 5.82 Å². The quantitative estimate of drug-likeness (QED) is 0.881. The predicted octanol–water partition coefficient (Wildman–Crippen LogP) is 4.23. The Morgan fingerprint density at radius 3 is 2.59 bits per heavy atom. The highest BCUT2D eigenvalue weighted by Crippen LogP contribution is 2.27. The molecule has 2 rings (SSSR count). The lowest BCUT2D eigenvalue weighted by atomic mass is 10.2. The van der Waals surface area contributed by atoms with Crippen molar-refractivity contribution in [2.75, 3.05) is 12.4 Å². The van der Waals surface area contributed by atoms with Gasteiger partial charge < -0.3 is 10.1 Å². The van der Waals surface area contributed by atoms with E-state index in [0.29, 0.717) is 10.7 Å². The van der Waals surface area contributed by atoms with Crippen molar-refractivity contribution in [2.24, 2.45) is 0 Å². The lowest BCUT2D eigenvalue weighted by Gasteiger charge is -2.09. The molecule has 0 aromatic heterocycles. The Hall–Kier alpha value is -1.74. The molecule has 0 saturated heterocycles. The zero-order valence-corrected chi connectivity index (χ0v) is 9.96. The zero-order chi connectivity index (χ0) is 12.3. The van der Waals surface area contributed by atoms with Gasteiger partial charge in [-0.05, 0) is 24.3 Å². The number of anilines is 2. The Morgan fingerprint density at radius 2 is 1.94 bits per heavy atom. The summed E-state index contributed by atoms with van der Waals surface area (Å²) in [5.74, 6) is -0.195. The van der Waals surface area contributed by atoms with Gasteiger partial charge in [0.2, 0.25) is 0 Å². The van der Waals surface area contributed by atoms with Gasteiger partial charge in [-0.25, -0.2) is 4.39 Å². The van der Waals surface area contributed by atoms with Crippen molar-refractivity contribution >= 4 is 23.0 Å². The van der Waals surface area contributed by atoms with E-state index in [1.165, 1.54) is 13.2 Å². The third kappa shape index (κ3) is 2.68. The molecule has 0 amide bonds. The van der Waals surface area contributed by atoms with E-state index in [0.717, 1.165) is 5.69 Å². The molecule has 17 heavy (non-hydrogen) atoms. The van der Waals surface area contributed by atoms with E-state index in [-0.39, 0.29) is 5.75 Å². The van der Waals surface area contributed by atoms with Gasteiger partial charge in [0.1, 0.15) is 0 Å². The van der Waals surface area contributed by atoms with Gasteiger partial charge >= 0.3 is 0 Å². The van der Waals surface area contributed by atoms with E-state index in [1.807, 2.05) is 18.2 Å². The smallest absolute Gasteiger partial charge is 0.167 e. The minimum atomic E-state index is -0.412. The van der Waals surface area contributed by atoms with Gasteiger partial charge in [-0.2, -0.15) is 0 Å². The summed E-state index contributed by atoms with van der Waals surface area (Å²) in [5, 5.41) is 3.62. The highest BCUT2D eigenvalue weighted by Gasteiger charge is 2.04. The molecule has 0 unspecified atom stereocenters. The molecular formula is C13H11ClFNO. The molecule has 1 N–H and O–H groups in total. The molecule has 0 aliphatic carbocycles. The monoisotopic (exact) mass is 251 g/mol. The molecule has 4 heteroatoms.